The molecule has 6 heteroatoms. The molecule has 0 radical (unpaired) electrons. The SMILES string of the molecule is CCN1C[C@@H](F)C[C@H]1CNC(=O)c1cc(Br)cc2c1OCC2. The molecule has 0 aromatic heterocycles. The summed E-state index contributed by atoms with van der Waals surface area (Å²) in [6.45, 7) is 4.36. The number of likely N-dealkylation sites (tertiary alicyclic amines) is 1. The van der Waals surface area contributed by atoms with E-state index >= 15 is 0 Å². The number of carbonyl (C=O) groups is 1. The maximum absolute atomic E-state index is 13.5. The number of fused-ring (bicyclic) bond motifs is 1. The minimum absolute atomic E-state index is 0.0741. The minimum atomic E-state index is -0.791. The number of alkyl halides is 1. The third kappa shape index (κ3) is 3.13. The zero-order valence-corrected chi connectivity index (χ0v) is 14.2. The second-order valence-corrected chi connectivity index (χ2v) is 6.74. The molecule has 0 saturated carbocycles. The lowest BCUT2D eigenvalue weighted by Crippen LogP contribution is -2.40. The van der Waals surface area contributed by atoms with Gasteiger partial charge in [-0.1, -0.05) is 22.9 Å². The number of halogens is 2. The summed E-state index contributed by atoms with van der Waals surface area (Å²) in [6.07, 6.45) is 0.520. The lowest BCUT2D eigenvalue weighted by atomic mass is 10.1. The number of rotatable bonds is 4. The van der Waals surface area contributed by atoms with Crippen LogP contribution < -0.4 is 10.1 Å². The van der Waals surface area contributed by atoms with Gasteiger partial charge in [0.15, 0.2) is 0 Å². The molecule has 22 heavy (non-hydrogen) atoms. The van der Waals surface area contributed by atoms with E-state index in [1.165, 1.54) is 0 Å². The molecule has 1 saturated heterocycles. The van der Waals surface area contributed by atoms with E-state index in [4.69, 9.17) is 4.74 Å². The fourth-order valence-electron chi connectivity index (χ4n) is 3.27. The first kappa shape index (κ1) is 15.7. The van der Waals surface area contributed by atoms with Crippen LogP contribution >= 0.6 is 15.9 Å². The van der Waals surface area contributed by atoms with Crippen molar-refractivity contribution in [3.8, 4) is 5.75 Å². The molecule has 0 bridgehead atoms. The van der Waals surface area contributed by atoms with Gasteiger partial charge in [-0.25, -0.2) is 4.39 Å². The predicted octanol–water partition coefficient (Wildman–Crippen LogP) is 2.55. The standard InChI is InChI=1S/C16H20BrFN2O2/c1-2-20-9-12(18)7-13(20)8-19-16(21)14-6-11(17)5-10-3-4-22-15(10)14/h5-6,12-13H,2-4,7-9H2,1H3,(H,19,21)/t12-,13-/m0/s1. The van der Waals surface area contributed by atoms with E-state index in [1.54, 1.807) is 6.07 Å². The van der Waals surface area contributed by atoms with Crippen LogP contribution in [-0.2, 0) is 6.42 Å². The number of amides is 1. The highest BCUT2D eigenvalue weighted by Crippen LogP contribution is 2.33. The van der Waals surface area contributed by atoms with Crippen LogP contribution in [0.5, 0.6) is 5.75 Å². The number of nitrogens with zero attached hydrogens (tertiary/aromatic N) is 1. The van der Waals surface area contributed by atoms with Crippen molar-refractivity contribution in [3.05, 3.63) is 27.7 Å². The molecule has 1 fully saturated rings. The molecule has 0 unspecified atom stereocenters. The Labute approximate surface area is 138 Å². The fraction of sp³-hybridized carbons (Fsp3) is 0.562. The first-order valence-electron chi connectivity index (χ1n) is 7.70. The van der Waals surface area contributed by atoms with Crippen molar-refractivity contribution in [3.63, 3.8) is 0 Å². The van der Waals surface area contributed by atoms with Gasteiger partial charge in [0.25, 0.3) is 5.91 Å². The minimum Gasteiger partial charge on any atom is -0.492 e. The Morgan fingerprint density at radius 2 is 2.36 bits per heavy atom. The quantitative estimate of drug-likeness (QED) is 0.885. The number of benzene rings is 1. The molecular formula is C16H20BrFN2O2. The van der Waals surface area contributed by atoms with Gasteiger partial charge in [-0.05, 0) is 30.7 Å². The maximum atomic E-state index is 13.5. The summed E-state index contributed by atoms with van der Waals surface area (Å²) in [5.74, 6) is 0.528. The molecule has 120 valence electrons. The number of likely N-dealkylation sites (N-methyl/N-ethyl adjacent to an activating group) is 1. The van der Waals surface area contributed by atoms with E-state index in [-0.39, 0.29) is 11.9 Å². The summed E-state index contributed by atoms with van der Waals surface area (Å²) in [5.41, 5.74) is 1.61. The monoisotopic (exact) mass is 370 g/mol. The number of hydrogen-bond acceptors (Lipinski definition) is 3. The Bertz CT molecular complexity index is 582. The molecule has 2 atom stereocenters. The zero-order valence-electron chi connectivity index (χ0n) is 12.6. The normalized spacial score (nSPS) is 24.1. The van der Waals surface area contributed by atoms with Gasteiger partial charge < -0.3 is 10.1 Å². The highest BCUT2D eigenvalue weighted by Gasteiger charge is 2.31. The lowest BCUT2D eigenvalue weighted by molar-refractivity contribution is 0.0938. The summed E-state index contributed by atoms with van der Waals surface area (Å²) in [4.78, 5) is 14.5. The molecule has 0 spiro atoms. The van der Waals surface area contributed by atoms with Gasteiger partial charge in [0.2, 0.25) is 0 Å². The summed E-state index contributed by atoms with van der Waals surface area (Å²) in [6, 6.07) is 3.84. The van der Waals surface area contributed by atoms with Crippen LogP contribution in [0.1, 0.15) is 29.3 Å². The Balaban J connectivity index is 1.68. The predicted molar refractivity (Wildman–Crippen MR) is 86.2 cm³/mol. The number of nitrogens with one attached hydrogen (secondary N) is 1. The van der Waals surface area contributed by atoms with E-state index in [0.717, 1.165) is 23.0 Å². The van der Waals surface area contributed by atoms with Crippen molar-refractivity contribution < 1.29 is 13.9 Å². The van der Waals surface area contributed by atoms with Crippen LogP contribution in [0.4, 0.5) is 4.39 Å². The van der Waals surface area contributed by atoms with Crippen LogP contribution in [0.2, 0.25) is 0 Å². The molecule has 1 aromatic rings. The van der Waals surface area contributed by atoms with Gasteiger partial charge in [-0.3, -0.25) is 9.69 Å². The van der Waals surface area contributed by atoms with Gasteiger partial charge in [0.1, 0.15) is 11.9 Å². The molecule has 0 aliphatic carbocycles. The highest BCUT2D eigenvalue weighted by molar-refractivity contribution is 9.10. The van der Waals surface area contributed by atoms with Crippen LogP contribution in [0.15, 0.2) is 16.6 Å². The summed E-state index contributed by atoms with van der Waals surface area (Å²) < 4.78 is 20.0. The van der Waals surface area contributed by atoms with Crippen molar-refractivity contribution in [2.24, 2.45) is 0 Å². The van der Waals surface area contributed by atoms with E-state index < -0.39 is 6.17 Å². The molecule has 2 heterocycles. The number of ether oxygens (including phenoxy) is 1. The molecule has 3 rings (SSSR count). The van der Waals surface area contributed by atoms with Crippen molar-refractivity contribution in [1.29, 1.82) is 0 Å². The fourth-order valence-corrected chi connectivity index (χ4v) is 3.77. The Morgan fingerprint density at radius 1 is 1.55 bits per heavy atom. The summed E-state index contributed by atoms with van der Waals surface area (Å²) in [5, 5.41) is 2.93. The number of hydrogen-bond donors (Lipinski definition) is 1. The van der Waals surface area contributed by atoms with Crippen LogP contribution in [0.3, 0.4) is 0 Å². The third-order valence-corrected chi connectivity index (χ3v) is 4.83. The van der Waals surface area contributed by atoms with E-state index in [2.05, 4.69) is 26.1 Å². The van der Waals surface area contributed by atoms with E-state index in [9.17, 15) is 9.18 Å². The van der Waals surface area contributed by atoms with Gasteiger partial charge in [0.05, 0.1) is 12.2 Å². The first-order chi connectivity index (χ1) is 10.6. The lowest BCUT2D eigenvalue weighted by Gasteiger charge is -2.22. The Morgan fingerprint density at radius 3 is 3.14 bits per heavy atom. The van der Waals surface area contributed by atoms with Gasteiger partial charge in [-0.15, -0.1) is 0 Å². The largest absolute Gasteiger partial charge is 0.492 e. The maximum Gasteiger partial charge on any atom is 0.255 e. The first-order valence-corrected chi connectivity index (χ1v) is 8.49. The molecule has 1 amide bonds. The molecule has 2 aliphatic heterocycles. The smallest absolute Gasteiger partial charge is 0.255 e. The van der Waals surface area contributed by atoms with Crippen molar-refractivity contribution in [2.45, 2.75) is 32.0 Å². The Hall–Kier alpha value is -1.14. The van der Waals surface area contributed by atoms with Crippen molar-refractivity contribution in [2.75, 3.05) is 26.2 Å². The second kappa shape index (κ2) is 6.54. The van der Waals surface area contributed by atoms with Crippen LogP contribution in [-0.4, -0.2) is 49.3 Å². The van der Waals surface area contributed by atoms with Crippen molar-refractivity contribution in [1.82, 2.24) is 10.2 Å². The van der Waals surface area contributed by atoms with Crippen LogP contribution in [0, 0.1) is 0 Å². The van der Waals surface area contributed by atoms with Crippen molar-refractivity contribution >= 4 is 21.8 Å². The Kier molecular flexibility index (Phi) is 4.68. The third-order valence-electron chi connectivity index (χ3n) is 4.37. The highest BCUT2D eigenvalue weighted by atomic mass is 79.9. The molecular weight excluding hydrogens is 351 g/mol. The average molecular weight is 371 g/mol. The van der Waals surface area contributed by atoms with E-state index in [0.29, 0.717) is 37.4 Å². The zero-order chi connectivity index (χ0) is 15.7. The topological polar surface area (TPSA) is 41.6 Å². The van der Waals surface area contributed by atoms with Crippen LogP contribution in [0.25, 0.3) is 0 Å². The average Bonchev–Trinajstić information content (AvgIpc) is 3.09. The van der Waals surface area contributed by atoms with Gasteiger partial charge in [-0.2, -0.15) is 0 Å². The van der Waals surface area contributed by atoms with Gasteiger partial charge in [0, 0.05) is 30.0 Å². The number of carbonyl (C=O) groups excluding carboxylic acids is 1. The molecule has 1 aromatic carbocycles. The van der Waals surface area contributed by atoms with Gasteiger partial charge >= 0.3 is 0 Å². The summed E-state index contributed by atoms with van der Waals surface area (Å²) >= 11 is 3.44. The second-order valence-electron chi connectivity index (χ2n) is 5.82. The molecule has 1 N–H and O–H groups in total. The van der Waals surface area contributed by atoms with E-state index in [1.807, 2.05) is 13.0 Å². The molecule has 4 nitrogen and oxygen atoms in total. The molecule has 2 aliphatic rings. The summed E-state index contributed by atoms with van der Waals surface area (Å²) in [7, 11) is 0.